The molecule has 0 aliphatic heterocycles. The first-order valence-corrected chi connectivity index (χ1v) is 9.88. The molecule has 146 valence electrons. The zero-order valence-electron chi connectivity index (χ0n) is 17.6. The summed E-state index contributed by atoms with van der Waals surface area (Å²) in [6.07, 6.45) is 3.09. The summed E-state index contributed by atoms with van der Waals surface area (Å²) in [5.74, 6) is 1.77. The summed E-state index contributed by atoms with van der Waals surface area (Å²) < 4.78 is 8.30. The Balaban J connectivity index is 1.88. The van der Waals surface area contributed by atoms with E-state index in [1.54, 1.807) is 0 Å². The Morgan fingerprint density at radius 3 is 2.50 bits per heavy atom. The lowest BCUT2D eigenvalue weighted by Crippen LogP contribution is -2.36. The molecule has 4 aromatic rings. The van der Waals surface area contributed by atoms with Crippen molar-refractivity contribution in [2.75, 3.05) is 5.32 Å². The van der Waals surface area contributed by atoms with Gasteiger partial charge in [0.15, 0.2) is 5.76 Å². The van der Waals surface area contributed by atoms with Gasteiger partial charge in [-0.3, -0.25) is 4.40 Å². The molecule has 4 heteroatoms. The molecule has 0 spiro atoms. The van der Waals surface area contributed by atoms with E-state index in [9.17, 15) is 0 Å². The Kier molecular flexibility index (Phi) is 4.25. The van der Waals surface area contributed by atoms with E-state index >= 15 is 0 Å². The topological polar surface area (TPSA) is 42.5 Å². The minimum atomic E-state index is -0.0985. The molecule has 28 heavy (non-hydrogen) atoms. The number of furan rings is 1. The van der Waals surface area contributed by atoms with Crippen LogP contribution in [0.4, 0.5) is 5.82 Å². The summed E-state index contributed by atoms with van der Waals surface area (Å²) in [4.78, 5) is 4.97. The van der Waals surface area contributed by atoms with Gasteiger partial charge >= 0.3 is 0 Å². The molecular formula is C24H29N3O. The van der Waals surface area contributed by atoms with Gasteiger partial charge < -0.3 is 9.73 Å². The van der Waals surface area contributed by atoms with Crippen LogP contribution in [0.25, 0.3) is 28.1 Å². The van der Waals surface area contributed by atoms with E-state index in [0.717, 1.165) is 45.9 Å². The fraction of sp³-hybridized carbons (Fsp3) is 0.375. The van der Waals surface area contributed by atoms with E-state index in [1.807, 2.05) is 18.2 Å². The van der Waals surface area contributed by atoms with Gasteiger partial charge in [-0.1, -0.05) is 45.0 Å². The van der Waals surface area contributed by atoms with Crippen molar-refractivity contribution in [1.82, 2.24) is 9.38 Å². The highest BCUT2D eigenvalue weighted by atomic mass is 16.3. The number of anilines is 1. The lowest BCUT2D eigenvalue weighted by molar-refractivity contribution is 0.302. The first-order valence-electron chi connectivity index (χ1n) is 9.88. The average Bonchev–Trinajstić information content (AvgIpc) is 3.15. The monoisotopic (exact) mass is 375 g/mol. The average molecular weight is 376 g/mol. The summed E-state index contributed by atoms with van der Waals surface area (Å²) >= 11 is 0. The smallest absolute Gasteiger partial charge is 0.157 e. The SMILES string of the molecule is Cc1cccn2c(NC(C)(C)CC(C)(C)C)c(-c3cc4ccccc4o3)nc12. The standard InChI is InChI=1S/C24H29N3O/c1-16-10-9-13-27-21(16)25-20(19-14-17-11-7-8-12-18(17)28-19)22(27)26-24(5,6)15-23(2,3)4/h7-14,26H,15H2,1-6H3. The third-order valence-corrected chi connectivity index (χ3v) is 4.93. The molecule has 3 aromatic heterocycles. The van der Waals surface area contributed by atoms with Crippen molar-refractivity contribution in [3.05, 3.63) is 54.2 Å². The highest BCUT2D eigenvalue weighted by molar-refractivity contribution is 5.85. The van der Waals surface area contributed by atoms with Crippen molar-refractivity contribution >= 4 is 22.4 Å². The first kappa shape index (κ1) is 18.6. The van der Waals surface area contributed by atoms with E-state index in [0.29, 0.717) is 0 Å². The molecule has 0 unspecified atom stereocenters. The maximum Gasteiger partial charge on any atom is 0.157 e. The number of aromatic nitrogens is 2. The van der Waals surface area contributed by atoms with E-state index in [4.69, 9.17) is 9.40 Å². The Labute approximate surface area is 166 Å². The van der Waals surface area contributed by atoms with E-state index in [2.05, 4.69) is 81.7 Å². The minimum absolute atomic E-state index is 0.0985. The molecule has 4 rings (SSSR count). The lowest BCUT2D eigenvalue weighted by atomic mass is 9.82. The molecule has 4 nitrogen and oxygen atoms in total. The van der Waals surface area contributed by atoms with E-state index < -0.39 is 0 Å². The second kappa shape index (κ2) is 6.40. The van der Waals surface area contributed by atoms with Crippen LogP contribution in [0.5, 0.6) is 0 Å². The minimum Gasteiger partial charge on any atom is -0.454 e. The molecule has 3 heterocycles. The second-order valence-electron chi connectivity index (χ2n) is 9.59. The summed E-state index contributed by atoms with van der Waals surface area (Å²) in [6.45, 7) is 13.4. The molecule has 0 saturated carbocycles. The summed E-state index contributed by atoms with van der Waals surface area (Å²) in [5.41, 5.74) is 3.94. The Morgan fingerprint density at radius 1 is 1.04 bits per heavy atom. The van der Waals surface area contributed by atoms with Gasteiger partial charge in [-0.15, -0.1) is 0 Å². The van der Waals surface area contributed by atoms with Crippen molar-refractivity contribution in [3.63, 3.8) is 0 Å². The van der Waals surface area contributed by atoms with Crippen LogP contribution in [-0.4, -0.2) is 14.9 Å². The second-order valence-corrected chi connectivity index (χ2v) is 9.59. The van der Waals surface area contributed by atoms with E-state index in [-0.39, 0.29) is 11.0 Å². The zero-order valence-corrected chi connectivity index (χ0v) is 17.6. The van der Waals surface area contributed by atoms with Crippen molar-refractivity contribution in [2.45, 2.75) is 53.5 Å². The quantitative estimate of drug-likeness (QED) is 0.432. The van der Waals surface area contributed by atoms with Gasteiger partial charge in [0.25, 0.3) is 0 Å². The highest BCUT2D eigenvalue weighted by Crippen LogP contribution is 2.37. The van der Waals surface area contributed by atoms with Crippen molar-refractivity contribution < 1.29 is 4.42 Å². The van der Waals surface area contributed by atoms with Gasteiger partial charge in [0.05, 0.1) is 0 Å². The number of aryl methyl sites for hydroxylation is 1. The van der Waals surface area contributed by atoms with Gasteiger partial charge in [-0.25, -0.2) is 4.98 Å². The molecule has 0 saturated heterocycles. The Bertz CT molecular complexity index is 1110. The number of para-hydroxylation sites is 1. The number of hydrogen-bond acceptors (Lipinski definition) is 3. The fourth-order valence-electron chi connectivity index (χ4n) is 4.28. The van der Waals surface area contributed by atoms with Crippen LogP contribution < -0.4 is 5.32 Å². The molecule has 0 atom stereocenters. The van der Waals surface area contributed by atoms with Gasteiger partial charge in [0, 0.05) is 17.1 Å². The maximum atomic E-state index is 6.16. The summed E-state index contributed by atoms with van der Waals surface area (Å²) in [6, 6.07) is 14.3. The third-order valence-electron chi connectivity index (χ3n) is 4.93. The third kappa shape index (κ3) is 3.51. The largest absolute Gasteiger partial charge is 0.454 e. The number of fused-ring (bicyclic) bond motifs is 2. The van der Waals surface area contributed by atoms with Gasteiger partial charge in [-0.05, 0) is 56.4 Å². The Morgan fingerprint density at radius 2 is 1.79 bits per heavy atom. The fourth-order valence-corrected chi connectivity index (χ4v) is 4.28. The highest BCUT2D eigenvalue weighted by Gasteiger charge is 2.29. The Hall–Kier alpha value is -2.75. The van der Waals surface area contributed by atoms with Crippen LogP contribution in [0.15, 0.2) is 53.1 Å². The molecule has 0 radical (unpaired) electrons. The number of imidazole rings is 1. The predicted octanol–water partition coefficient (Wildman–Crippen LogP) is 6.68. The van der Waals surface area contributed by atoms with Crippen LogP contribution in [0.3, 0.4) is 0 Å². The molecule has 0 aliphatic rings. The van der Waals surface area contributed by atoms with Crippen molar-refractivity contribution in [1.29, 1.82) is 0 Å². The molecular weight excluding hydrogens is 346 g/mol. The maximum absolute atomic E-state index is 6.16. The molecule has 1 aromatic carbocycles. The summed E-state index contributed by atoms with van der Waals surface area (Å²) in [7, 11) is 0. The number of benzene rings is 1. The molecule has 0 amide bonds. The summed E-state index contributed by atoms with van der Waals surface area (Å²) in [5, 5.41) is 4.87. The lowest BCUT2D eigenvalue weighted by Gasteiger charge is -2.34. The molecule has 0 bridgehead atoms. The number of pyridine rings is 1. The predicted molar refractivity (Wildman–Crippen MR) is 117 cm³/mol. The number of hydrogen-bond donors (Lipinski definition) is 1. The first-order chi connectivity index (χ1) is 13.1. The van der Waals surface area contributed by atoms with Crippen LogP contribution in [0.1, 0.15) is 46.6 Å². The van der Waals surface area contributed by atoms with Crippen molar-refractivity contribution in [3.8, 4) is 11.5 Å². The van der Waals surface area contributed by atoms with Crippen LogP contribution >= 0.6 is 0 Å². The van der Waals surface area contributed by atoms with Gasteiger partial charge in [0.1, 0.15) is 22.7 Å². The van der Waals surface area contributed by atoms with E-state index in [1.165, 1.54) is 0 Å². The van der Waals surface area contributed by atoms with Crippen LogP contribution in [0, 0.1) is 12.3 Å². The number of nitrogens with one attached hydrogen (secondary N) is 1. The number of rotatable bonds is 4. The molecule has 0 fully saturated rings. The zero-order chi connectivity index (χ0) is 20.1. The number of nitrogens with zero attached hydrogens (tertiary/aromatic N) is 2. The van der Waals surface area contributed by atoms with Crippen LogP contribution in [-0.2, 0) is 0 Å². The molecule has 1 N–H and O–H groups in total. The van der Waals surface area contributed by atoms with Crippen LogP contribution in [0.2, 0.25) is 0 Å². The van der Waals surface area contributed by atoms with Crippen molar-refractivity contribution in [2.24, 2.45) is 5.41 Å². The van der Waals surface area contributed by atoms with Gasteiger partial charge in [0.2, 0.25) is 0 Å². The normalized spacial score (nSPS) is 12.8. The molecule has 0 aliphatic carbocycles. The van der Waals surface area contributed by atoms with Gasteiger partial charge in [-0.2, -0.15) is 0 Å².